The van der Waals surface area contributed by atoms with Crippen molar-refractivity contribution in [1.82, 2.24) is 10.6 Å². The minimum absolute atomic E-state index is 0.380. The maximum absolute atomic E-state index is 5.90. The van der Waals surface area contributed by atoms with E-state index in [1.165, 1.54) is 24.8 Å². The van der Waals surface area contributed by atoms with Crippen molar-refractivity contribution < 1.29 is 4.74 Å². The Bertz CT molecular complexity index is 574. The van der Waals surface area contributed by atoms with Crippen molar-refractivity contribution in [3.05, 3.63) is 34.3 Å². The van der Waals surface area contributed by atoms with E-state index < -0.39 is 0 Å². The summed E-state index contributed by atoms with van der Waals surface area (Å²) in [4.78, 5) is 4.39. The summed E-state index contributed by atoms with van der Waals surface area (Å²) in [6, 6.07) is 9.56. The minimum atomic E-state index is 0.380. The largest absolute Gasteiger partial charge is 0.373 e. The monoisotopic (exact) mass is 363 g/mol. The number of ether oxygens (including phenoxy) is 1. The molecular formula is C17H22BrN3O. The summed E-state index contributed by atoms with van der Waals surface area (Å²) in [5, 5.41) is 7.12. The number of guanidine groups is 1. The average Bonchev–Trinajstić information content (AvgIpc) is 2.97. The predicted molar refractivity (Wildman–Crippen MR) is 91.2 cm³/mol. The van der Waals surface area contributed by atoms with E-state index in [-0.39, 0.29) is 0 Å². The molecule has 1 aromatic rings. The number of aliphatic imine (C=N–C) groups is 1. The van der Waals surface area contributed by atoms with E-state index in [4.69, 9.17) is 4.74 Å². The van der Waals surface area contributed by atoms with Gasteiger partial charge in [-0.15, -0.1) is 0 Å². The lowest BCUT2D eigenvalue weighted by Crippen LogP contribution is -2.48. The molecule has 3 aliphatic rings. The number of rotatable bonds is 3. The molecule has 0 amide bonds. The Labute approximate surface area is 139 Å². The highest BCUT2D eigenvalue weighted by molar-refractivity contribution is 9.10. The maximum Gasteiger partial charge on any atom is 0.191 e. The second kappa shape index (κ2) is 5.85. The summed E-state index contributed by atoms with van der Waals surface area (Å²) < 4.78 is 7.04. The van der Waals surface area contributed by atoms with Gasteiger partial charge in [0.2, 0.25) is 0 Å². The van der Waals surface area contributed by atoms with Gasteiger partial charge >= 0.3 is 0 Å². The third-order valence-electron chi connectivity index (χ3n) is 5.06. The first-order valence-corrected chi connectivity index (χ1v) is 8.93. The predicted octanol–water partition coefficient (Wildman–Crippen LogP) is 2.79. The fraction of sp³-hybridized carbons (Fsp3) is 0.588. The number of nitrogens with zero attached hydrogens (tertiary/aromatic N) is 1. The highest BCUT2D eigenvalue weighted by Crippen LogP contribution is 2.41. The van der Waals surface area contributed by atoms with Crippen molar-refractivity contribution in [3.8, 4) is 0 Å². The molecule has 5 atom stereocenters. The van der Waals surface area contributed by atoms with Crippen molar-refractivity contribution in [2.75, 3.05) is 7.05 Å². The normalized spacial score (nSPS) is 36.5. The quantitative estimate of drug-likeness (QED) is 0.641. The van der Waals surface area contributed by atoms with Crippen LogP contribution in [-0.4, -0.2) is 37.3 Å². The van der Waals surface area contributed by atoms with Gasteiger partial charge in [0.15, 0.2) is 5.96 Å². The van der Waals surface area contributed by atoms with Crippen molar-refractivity contribution in [2.45, 2.75) is 55.9 Å². The highest BCUT2D eigenvalue weighted by atomic mass is 79.9. The second-order valence-electron chi connectivity index (χ2n) is 6.58. The molecule has 4 rings (SSSR count). The summed E-state index contributed by atoms with van der Waals surface area (Å²) >= 11 is 3.49. The van der Waals surface area contributed by atoms with Crippen molar-refractivity contribution in [2.24, 2.45) is 4.99 Å². The molecule has 1 aromatic carbocycles. The zero-order valence-electron chi connectivity index (χ0n) is 12.8. The molecule has 2 N–H and O–H groups in total. The summed E-state index contributed by atoms with van der Waals surface area (Å²) in [6.45, 7) is 0. The standard InChI is InChI=1S/C17H22BrN3O/c1-19-17(21-15-8-12-6-7-16(15)22-12)20-14-9-13(14)10-2-4-11(18)5-3-10/h2-5,12-16H,6-9H2,1H3,(H2,19,20,21). The first-order chi connectivity index (χ1) is 10.7. The summed E-state index contributed by atoms with van der Waals surface area (Å²) in [5.41, 5.74) is 1.40. The zero-order chi connectivity index (χ0) is 15.1. The van der Waals surface area contributed by atoms with Gasteiger partial charge in [0, 0.05) is 23.5 Å². The first kappa shape index (κ1) is 14.5. The molecule has 22 heavy (non-hydrogen) atoms. The molecular weight excluding hydrogens is 342 g/mol. The second-order valence-corrected chi connectivity index (χ2v) is 7.49. The van der Waals surface area contributed by atoms with Gasteiger partial charge < -0.3 is 15.4 Å². The van der Waals surface area contributed by atoms with Crippen LogP contribution in [0, 0.1) is 0 Å². The van der Waals surface area contributed by atoms with Gasteiger partial charge in [0.25, 0.3) is 0 Å². The van der Waals surface area contributed by atoms with Gasteiger partial charge in [0.05, 0.1) is 18.2 Å². The lowest BCUT2D eigenvalue weighted by molar-refractivity contribution is 0.0992. The van der Waals surface area contributed by atoms with Crippen molar-refractivity contribution >= 4 is 21.9 Å². The number of nitrogens with one attached hydrogen (secondary N) is 2. The lowest BCUT2D eigenvalue weighted by Gasteiger charge is -2.22. The molecule has 4 nitrogen and oxygen atoms in total. The maximum atomic E-state index is 5.90. The van der Waals surface area contributed by atoms with Crippen LogP contribution in [0.2, 0.25) is 0 Å². The molecule has 0 aromatic heterocycles. The molecule has 118 valence electrons. The van der Waals surface area contributed by atoms with Crippen LogP contribution in [0.15, 0.2) is 33.7 Å². The van der Waals surface area contributed by atoms with Crippen LogP contribution >= 0.6 is 15.9 Å². The number of fused-ring (bicyclic) bond motifs is 2. The topological polar surface area (TPSA) is 45.7 Å². The summed E-state index contributed by atoms with van der Waals surface area (Å²) in [6.07, 6.45) is 5.55. The van der Waals surface area contributed by atoms with E-state index in [1.54, 1.807) is 0 Å². The molecule has 0 spiro atoms. The van der Waals surface area contributed by atoms with Crippen LogP contribution in [0.1, 0.15) is 37.2 Å². The van der Waals surface area contributed by atoms with E-state index in [2.05, 4.69) is 55.8 Å². The van der Waals surface area contributed by atoms with Crippen LogP contribution in [0.25, 0.3) is 0 Å². The van der Waals surface area contributed by atoms with Gasteiger partial charge in [-0.1, -0.05) is 28.1 Å². The Balaban J connectivity index is 1.32. The molecule has 2 aliphatic heterocycles. The first-order valence-electron chi connectivity index (χ1n) is 8.13. The van der Waals surface area contributed by atoms with Crippen molar-refractivity contribution in [1.29, 1.82) is 0 Å². The SMILES string of the molecule is CN=C(NC1CC2CCC1O2)NC1CC1c1ccc(Br)cc1. The molecule has 0 radical (unpaired) electrons. The number of hydrogen-bond acceptors (Lipinski definition) is 2. The van der Waals surface area contributed by atoms with Gasteiger partial charge in [-0.05, 0) is 43.4 Å². The van der Waals surface area contributed by atoms with Gasteiger partial charge in [-0.2, -0.15) is 0 Å². The average molecular weight is 364 g/mol. The molecule has 5 heteroatoms. The smallest absolute Gasteiger partial charge is 0.191 e. The Kier molecular flexibility index (Phi) is 3.86. The number of benzene rings is 1. The molecule has 3 fully saturated rings. The Morgan fingerprint density at radius 3 is 2.55 bits per heavy atom. The molecule has 2 bridgehead atoms. The van der Waals surface area contributed by atoms with Crippen LogP contribution in [0.4, 0.5) is 0 Å². The molecule has 2 heterocycles. The van der Waals surface area contributed by atoms with E-state index >= 15 is 0 Å². The summed E-state index contributed by atoms with van der Waals surface area (Å²) in [7, 11) is 1.85. The van der Waals surface area contributed by atoms with Gasteiger partial charge in [-0.3, -0.25) is 4.99 Å². The lowest BCUT2D eigenvalue weighted by atomic mass is 9.96. The third-order valence-corrected chi connectivity index (χ3v) is 5.59. The Hall–Kier alpha value is -1.07. The van der Waals surface area contributed by atoms with Gasteiger partial charge in [-0.25, -0.2) is 0 Å². The van der Waals surface area contributed by atoms with Gasteiger partial charge in [0.1, 0.15) is 0 Å². The van der Waals surface area contributed by atoms with Crippen LogP contribution in [-0.2, 0) is 4.74 Å². The van der Waals surface area contributed by atoms with Crippen molar-refractivity contribution in [3.63, 3.8) is 0 Å². The summed E-state index contributed by atoms with van der Waals surface area (Å²) in [5.74, 6) is 1.52. The molecule has 1 saturated carbocycles. The van der Waals surface area contributed by atoms with E-state index in [9.17, 15) is 0 Å². The number of hydrogen-bond donors (Lipinski definition) is 2. The minimum Gasteiger partial charge on any atom is -0.373 e. The molecule has 5 unspecified atom stereocenters. The fourth-order valence-corrected chi connectivity index (χ4v) is 4.01. The third kappa shape index (κ3) is 2.88. The van der Waals surface area contributed by atoms with E-state index in [1.807, 2.05) is 7.05 Å². The fourth-order valence-electron chi connectivity index (χ4n) is 3.74. The number of halogens is 1. The van der Waals surface area contributed by atoms with Crippen LogP contribution < -0.4 is 10.6 Å². The Morgan fingerprint density at radius 1 is 1.14 bits per heavy atom. The van der Waals surface area contributed by atoms with E-state index in [0.717, 1.165) is 16.9 Å². The molecule has 1 aliphatic carbocycles. The van der Waals surface area contributed by atoms with Crippen LogP contribution in [0.3, 0.4) is 0 Å². The Morgan fingerprint density at radius 2 is 1.91 bits per heavy atom. The highest BCUT2D eigenvalue weighted by Gasteiger charge is 2.42. The van der Waals surface area contributed by atoms with Crippen LogP contribution in [0.5, 0.6) is 0 Å². The van der Waals surface area contributed by atoms with E-state index in [0.29, 0.717) is 30.2 Å². The zero-order valence-corrected chi connectivity index (χ0v) is 14.3. The molecule has 2 saturated heterocycles.